The van der Waals surface area contributed by atoms with E-state index in [0.29, 0.717) is 28.7 Å². The summed E-state index contributed by atoms with van der Waals surface area (Å²) < 4.78 is 5.09. The molecule has 0 aliphatic rings. The van der Waals surface area contributed by atoms with Gasteiger partial charge in [-0.15, -0.1) is 23.1 Å². The Balaban J connectivity index is 1.96. The molecule has 0 bridgehead atoms. The molecule has 2 heterocycles. The highest BCUT2D eigenvalue weighted by atomic mass is 32.2. The van der Waals surface area contributed by atoms with Crippen molar-refractivity contribution in [2.45, 2.75) is 26.5 Å². The molecular weight excluding hydrogens is 344 g/mol. The zero-order valence-electron chi connectivity index (χ0n) is 13.9. The summed E-state index contributed by atoms with van der Waals surface area (Å²) in [6.45, 7) is 5.86. The van der Waals surface area contributed by atoms with Crippen LogP contribution in [-0.4, -0.2) is 29.2 Å². The molecule has 1 amide bonds. The van der Waals surface area contributed by atoms with E-state index in [-0.39, 0.29) is 5.91 Å². The van der Waals surface area contributed by atoms with Gasteiger partial charge in [0, 0.05) is 16.8 Å². The van der Waals surface area contributed by atoms with E-state index in [1.54, 1.807) is 13.1 Å². The zero-order chi connectivity index (χ0) is 17.5. The number of nitrogens with zero attached hydrogens (tertiary/aromatic N) is 1. The number of aromatic nitrogens is 1. The lowest BCUT2D eigenvalue weighted by Crippen LogP contribution is -2.16. The van der Waals surface area contributed by atoms with Crippen LogP contribution in [0.5, 0.6) is 0 Å². The van der Waals surface area contributed by atoms with Crippen LogP contribution in [0.3, 0.4) is 0 Å². The van der Waals surface area contributed by atoms with Crippen LogP contribution in [0.1, 0.15) is 33.4 Å². The highest BCUT2D eigenvalue weighted by molar-refractivity contribution is 7.99. The number of hydrogen-bond donors (Lipinski definition) is 1. The van der Waals surface area contributed by atoms with Crippen molar-refractivity contribution in [2.75, 3.05) is 17.7 Å². The van der Waals surface area contributed by atoms with E-state index in [0.717, 1.165) is 16.1 Å². The number of carbonyl (C=O) groups excluding carboxylic acids is 2. The molecule has 0 aromatic carbocycles. The number of thiophene rings is 1. The van der Waals surface area contributed by atoms with Crippen molar-refractivity contribution in [3.8, 4) is 0 Å². The Morgan fingerprint density at radius 3 is 2.79 bits per heavy atom. The monoisotopic (exact) mass is 364 g/mol. The summed E-state index contributed by atoms with van der Waals surface area (Å²) >= 11 is 2.88. The lowest BCUT2D eigenvalue weighted by Gasteiger charge is -2.07. The largest absolute Gasteiger partial charge is 0.462 e. The molecule has 24 heavy (non-hydrogen) atoms. The average Bonchev–Trinajstić information content (AvgIpc) is 2.83. The topological polar surface area (TPSA) is 68.3 Å². The number of pyridine rings is 1. The van der Waals surface area contributed by atoms with Crippen LogP contribution in [0.4, 0.5) is 5.00 Å². The second-order valence-electron chi connectivity index (χ2n) is 5.07. The first-order valence-corrected chi connectivity index (χ1v) is 9.54. The molecule has 0 unspecified atom stereocenters. The fourth-order valence-electron chi connectivity index (χ4n) is 2.06. The van der Waals surface area contributed by atoms with E-state index in [4.69, 9.17) is 4.74 Å². The molecule has 0 atom stereocenters. The summed E-state index contributed by atoms with van der Waals surface area (Å²) in [7, 11) is 0. The molecule has 1 N–H and O–H groups in total. The third-order valence-corrected chi connectivity index (χ3v) is 5.42. The minimum absolute atomic E-state index is 0.136. The number of thioether (sulfide) groups is 1. The maximum absolute atomic E-state index is 12.2. The predicted octanol–water partition coefficient (Wildman–Crippen LogP) is 3.81. The lowest BCUT2D eigenvalue weighted by atomic mass is 10.1. The number of aryl methyl sites for hydroxylation is 1. The maximum Gasteiger partial charge on any atom is 0.341 e. The fraction of sp³-hybridized carbons (Fsp3) is 0.353. The van der Waals surface area contributed by atoms with Gasteiger partial charge in [0.05, 0.1) is 23.6 Å². The number of carbonyl (C=O) groups is 2. The van der Waals surface area contributed by atoms with Crippen molar-refractivity contribution in [1.29, 1.82) is 0 Å². The fourth-order valence-corrected chi connectivity index (χ4v) is 3.86. The van der Waals surface area contributed by atoms with Crippen molar-refractivity contribution in [1.82, 2.24) is 4.98 Å². The van der Waals surface area contributed by atoms with Crippen molar-refractivity contribution >= 4 is 40.0 Å². The second kappa shape index (κ2) is 8.84. The summed E-state index contributed by atoms with van der Waals surface area (Å²) in [6, 6.07) is 5.71. The van der Waals surface area contributed by atoms with Gasteiger partial charge in [-0.2, -0.15) is 0 Å². The Morgan fingerprint density at radius 1 is 1.33 bits per heavy atom. The Hall–Kier alpha value is -1.86. The average molecular weight is 364 g/mol. The highest BCUT2D eigenvalue weighted by Gasteiger charge is 2.21. The van der Waals surface area contributed by atoms with Crippen LogP contribution >= 0.6 is 23.1 Å². The molecular formula is C17H20N2O3S2. The minimum Gasteiger partial charge on any atom is -0.462 e. The smallest absolute Gasteiger partial charge is 0.341 e. The Bertz CT molecular complexity index is 714. The van der Waals surface area contributed by atoms with Crippen molar-refractivity contribution < 1.29 is 14.3 Å². The standard InChI is InChI=1S/C17H20N2O3S2/c1-4-22-17(21)15-11(2)12(3)24-16(15)19-14(20)10-23-9-13-7-5-6-8-18-13/h5-8H,4,9-10H2,1-3H3,(H,19,20). The SMILES string of the molecule is CCOC(=O)c1c(NC(=O)CSCc2ccccn2)sc(C)c1C. The van der Waals surface area contributed by atoms with Gasteiger partial charge in [-0.05, 0) is 38.5 Å². The number of ether oxygens (including phenoxy) is 1. The lowest BCUT2D eigenvalue weighted by molar-refractivity contribution is -0.113. The Morgan fingerprint density at radius 2 is 2.12 bits per heavy atom. The summed E-state index contributed by atoms with van der Waals surface area (Å²) in [5, 5.41) is 3.40. The van der Waals surface area contributed by atoms with Crippen LogP contribution in [0.15, 0.2) is 24.4 Å². The van der Waals surface area contributed by atoms with Crippen molar-refractivity contribution in [3.63, 3.8) is 0 Å². The van der Waals surface area contributed by atoms with E-state index in [9.17, 15) is 9.59 Å². The molecule has 2 aromatic heterocycles. The maximum atomic E-state index is 12.2. The van der Waals surface area contributed by atoms with E-state index in [1.807, 2.05) is 32.0 Å². The molecule has 2 rings (SSSR count). The third-order valence-electron chi connectivity index (χ3n) is 3.33. The van der Waals surface area contributed by atoms with Crippen LogP contribution in [0, 0.1) is 13.8 Å². The summed E-state index contributed by atoms with van der Waals surface area (Å²) in [5.41, 5.74) is 2.25. The zero-order valence-corrected chi connectivity index (χ0v) is 15.6. The Labute approximate surface area is 149 Å². The summed E-state index contributed by atoms with van der Waals surface area (Å²) in [4.78, 5) is 29.5. The van der Waals surface area contributed by atoms with Crippen molar-refractivity contribution in [3.05, 3.63) is 46.1 Å². The highest BCUT2D eigenvalue weighted by Crippen LogP contribution is 2.33. The first kappa shape index (κ1) is 18.5. The summed E-state index contributed by atoms with van der Waals surface area (Å²) in [5.74, 6) is 0.439. The minimum atomic E-state index is -0.393. The van der Waals surface area contributed by atoms with E-state index in [2.05, 4.69) is 10.3 Å². The van der Waals surface area contributed by atoms with E-state index in [1.165, 1.54) is 23.1 Å². The molecule has 0 spiro atoms. The van der Waals surface area contributed by atoms with Crippen LogP contribution in [-0.2, 0) is 15.3 Å². The molecule has 0 fully saturated rings. The normalized spacial score (nSPS) is 10.5. The third kappa shape index (κ3) is 4.82. The molecule has 2 aromatic rings. The van der Waals surface area contributed by atoms with Gasteiger partial charge in [-0.1, -0.05) is 6.07 Å². The van der Waals surface area contributed by atoms with Gasteiger partial charge in [0.15, 0.2) is 0 Å². The quantitative estimate of drug-likeness (QED) is 0.757. The number of nitrogens with one attached hydrogen (secondary N) is 1. The van der Waals surface area contributed by atoms with Crippen LogP contribution in [0.2, 0.25) is 0 Å². The first-order valence-electron chi connectivity index (χ1n) is 7.57. The first-order chi connectivity index (χ1) is 11.5. The van der Waals surface area contributed by atoms with E-state index >= 15 is 0 Å². The molecule has 0 aliphatic carbocycles. The van der Waals surface area contributed by atoms with Gasteiger partial charge in [0.2, 0.25) is 5.91 Å². The molecule has 0 saturated carbocycles. The molecule has 0 aliphatic heterocycles. The van der Waals surface area contributed by atoms with Gasteiger partial charge >= 0.3 is 5.97 Å². The number of rotatable bonds is 7. The number of amides is 1. The molecule has 128 valence electrons. The van der Waals surface area contributed by atoms with E-state index < -0.39 is 5.97 Å². The van der Waals surface area contributed by atoms with Gasteiger partial charge in [-0.25, -0.2) is 4.79 Å². The van der Waals surface area contributed by atoms with Gasteiger partial charge in [-0.3, -0.25) is 9.78 Å². The molecule has 5 nitrogen and oxygen atoms in total. The number of esters is 1. The second-order valence-corrected chi connectivity index (χ2v) is 7.28. The van der Waals surface area contributed by atoms with Crippen LogP contribution < -0.4 is 5.32 Å². The van der Waals surface area contributed by atoms with Crippen LogP contribution in [0.25, 0.3) is 0 Å². The predicted molar refractivity (Wildman–Crippen MR) is 98.8 cm³/mol. The van der Waals surface area contributed by atoms with Gasteiger partial charge in [0.1, 0.15) is 5.00 Å². The van der Waals surface area contributed by atoms with Crippen molar-refractivity contribution in [2.24, 2.45) is 0 Å². The number of anilines is 1. The summed E-state index contributed by atoms with van der Waals surface area (Å²) in [6.07, 6.45) is 1.73. The molecule has 0 saturated heterocycles. The Kier molecular flexibility index (Phi) is 6.81. The number of hydrogen-bond acceptors (Lipinski definition) is 6. The molecule has 0 radical (unpaired) electrons. The van der Waals surface area contributed by atoms with Gasteiger partial charge in [0.25, 0.3) is 0 Å². The van der Waals surface area contributed by atoms with Gasteiger partial charge < -0.3 is 10.1 Å². The molecule has 7 heteroatoms.